The fourth-order valence-electron chi connectivity index (χ4n) is 2.18. The second-order valence-electron chi connectivity index (χ2n) is 4.21. The number of benzene rings is 1. The number of ether oxygens (including phenoxy) is 2. The zero-order valence-corrected chi connectivity index (χ0v) is 12.4. The van der Waals surface area contributed by atoms with Gasteiger partial charge in [0.05, 0.1) is 20.3 Å². The Labute approximate surface area is 123 Å². The van der Waals surface area contributed by atoms with Crippen LogP contribution in [0.1, 0.15) is 22.0 Å². The zero-order valence-electron chi connectivity index (χ0n) is 10.8. The largest absolute Gasteiger partial charge is 0.468 e. The van der Waals surface area contributed by atoms with Gasteiger partial charge in [-0.25, -0.2) is 0 Å². The Kier molecular flexibility index (Phi) is 4.08. The van der Waals surface area contributed by atoms with Crippen molar-refractivity contribution in [2.45, 2.75) is 6.04 Å². The van der Waals surface area contributed by atoms with Crippen molar-refractivity contribution in [1.29, 1.82) is 0 Å². The van der Waals surface area contributed by atoms with Crippen molar-refractivity contribution >= 4 is 33.8 Å². The second kappa shape index (κ2) is 5.62. The number of fused-ring (bicyclic) bond motifs is 1. The lowest BCUT2D eigenvalue weighted by atomic mass is 9.93. The average molecular weight is 342 g/mol. The van der Waals surface area contributed by atoms with E-state index >= 15 is 0 Å². The summed E-state index contributed by atoms with van der Waals surface area (Å²) in [6.45, 7) is 0. The van der Waals surface area contributed by atoms with Gasteiger partial charge in [-0.05, 0) is 17.7 Å². The highest BCUT2D eigenvalue weighted by Crippen LogP contribution is 2.34. The Morgan fingerprint density at radius 2 is 1.85 bits per heavy atom. The number of methoxy groups -OCH3 is 2. The molecule has 0 saturated heterocycles. The minimum atomic E-state index is -1.23. The number of carbonyl (C=O) groups is 3. The molecule has 20 heavy (non-hydrogen) atoms. The van der Waals surface area contributed by atoms with Crippen LogP contribution in [0.15, 0.2) is 22.7 Å². The summed E-state index contributed by atoms with van der Waals surface area (Å²) < 4.78 is 9.98. The molecule has 1 aliphatic heterocycles. The Hall–Kier alpha value is -1.89. The van der Waals surface area contributed by atoms with Crippen molar-refractivity contribution < 1.29 is 23.9 Å². The maximum absolute atomic E-state index is 11.9. The molecule has 2 rings (SSSR count). The van der Waals surface area contributed by atoms with Crippen molar-refractivity contribution in [2.75, 3.05) is 14.2 Å². The Morgan fingerprint density at radius 3 is 2.40 bits per heavy atom. The molecule has 1 heterocycles. The summed E-state index contributed by atoms with van der Waals surface area (Å²) in [6, 6.07) is 4.26. The smallest absolute Gasteiger partial charge is 0.322 e. The summed E-state index contributed by atoms with van der Waals surface area (Å²) in [4.78, 5) is 35.5. The molecular weight excluding hydrogens is 330 g/mol. The van der Waals surface area contributed by atoms with Crippen LogP contribution in [0, 0.1) is 5.92 Å². The Morgan fingerprint density at radius 1 is 1.25 bits per heavy atom. The van der Waals surface area contributed by atoms with Crippen molar-refractivity contribution in [2.24, 2.45) is 5.92 Å². The fourth-order valence-corrected chi connectivity index (χ4v) is 2.54. The molecule has 0 fully saturated rings. The number of hydrogen-bond acceptors (Lipinski definition) is 5. The van der Waals surface area contributed by atoms with Crippen LogP contribution in [0.2, 0.25) is 0 Å². The zero-order chi connectivity index (χ0) is 14.9. The van der Waals surface area contributed by atoms with Crippen molar-refractivity contribution in [3.8, 4) is 0 Å². The summed E-state index contributed by atoms with van der Waals surface area (Å²) in [7, 11) is 2.36. The van der Waals surface area contributed by atoms with Gasteiger partial charge in [0.15, 0.2) is 5.92 Å². The number of hydrogen-bond donors (Lipinski definition) is 1. The Balaban J connectivity index is 2.45. The van der Waals surface area contributed by atoms with Crippen LogP contribution in [0.5, 0.6) is 0 Å². The van der Waals surface area contributed by atoms with Crippen molar-refractivity contribution in [1.82, 2.24) is 5.32 Å². The van der Waals surface area contributed by atoms with Gasteiger partial charge >= 0.3 is 11.9 Å². The third kappa shape index (κ3) is 2.40. The van der Waals surface area contributed by atoms with E-state index in [1.807, 2.05) is 0 Å². The molecule has 1 N–H and O–H groups in total. The van der Waals surface area contributed by atoms with Gasteiger partial charge in [-0.15, -0.1) is 0 Å². The molecule has 7 heteroatoms. The molecule has 0 aromatic heterocycles. The topological polar surface area (TPSA) is 81.7 Å². The predicted octanol–water partition coefficient (Wildman–Crippen LogP) is 1.20. The van der Waals surface area contributed by atoms with Gasteiger partial charge in [-0.3, -0.25) is 14.4 Å². The third-order valence-electron chi connectivity index (χ3n) is 3.13. The first kappa shape index (κ1) is 14.5. The number of carbonyl (C=O) groups excluding carboxylic acids is 3. The maximum atomic E-state index is 11.9. The molecule has 0 aliphatic carbocycles. The maximum Gasteiger partial charge on any atom is 0.322 e. The summed E-state index contributed by atoms with van der Waals surface area (Å²) in [5.41, 5.74) is 0.987. The van der Waals surface area contributed by atoms with Crippen LogP contribution in [-0.4, -0.2) is 32.1 Å². The van der Waals surface area contributed by atoms with Crippen molar-refractivity contribution in [3.05, 3.63) is 33.8 Å². The van der Waals surface area contributed by atoms with E-state index in [2.05, 4.69) is 30.7 Å². The highest BCUT2D eigenvalue weighted by atomic mass is 79.9. The third-order valence-corrected chi connectivity index (χ3v) is 3.62. The lowest BCUT2D eigenvalue weighted by Crippen LogP contribution is -2.37. The molecule has 0 radical (unpaired) electrons. The SMILES string of the molecule is COC(=O)C(C(=O)OC)C1NC(=O)c2cc(Br)ccc21. The van der Waals surface area contributed by atoms with Gasteiger partial charge in [0.2, 0.25) is 0 Å². The standard InChI is InChI=1S/C13H12BrNO5/c1-19-12(17)9(13(18)20-2)10-7-4-3-6(14)5-8(7)11(16)15-10/h3-5,9-10H,1-2H3,(H,15,16). The van der Waals surface area contributed by atoms with Crippen LogP contribution >= 0.6 is 15.9 Å². The molecule has 0 spiro atoms. The van der Waals surface area contributed by atoms with Crippen LogP contribution in [0.3, 0.4) is 0 Å². The van der Waals surface area contributed by atoms with Crippen LogP contribution < -0.4 is 5.32 Å². The molecule has 1 aromatic rings. The monoisotopic (exact) mass is 341 g/mol. The van der Waals surface area contributed by atoms with Gasteiger partial charge in [0, 0.05) is 10.0 Å². The first-order valence-corrected chi connectivity index (χ1v) is 6.55. The number of rotatable bonds is 3. The number of esters is 2. The van der Waals surface area contributed by atoms with Gasteiger partial charge < -0.3 is 14.8 Å². The van der Waals surface area contributed by atoms with Crippen LogP contribution in [-0.2, 0) is 19.1 Å². The molecule has 0 saturated carbocycles. The van der Waals surface area contributed by atoms with Gasteiger partial charge in [-0.1, -0.05) is 22.0 Å². The molecule has 1 amide bonds. The molecule has 1 unspecified atom stereocenters. The van der Waals surface area contributed by atoms with Gasteiger partial charge in [0.25, 0.3) is 5.91 Å². The van der Waals surface area contributed by atoms with E-state index in [4.69, 9.17) is 0 Å². The molecule has 6 nitrogen and oxygen atoms in total. The number of halogens is 1. The van der Waals surface area contributed by atoms with Gasteiger partial charge in [-0.2, -0.15) is 0 Å². The second-order valence-corrected chi connectivity index (χ2v) is 5.12. The highest BCUT2D eigenvalue weighted by molar-refractivity contribution is 9.10. The summed E-state index contributed by atoms with van der Waals surface area (Å²) in [6.07, 6.45) is 0. The van der Waals surface area contributed by atoms with Gasteiger partial charge in [0.1, 0.15) is 0 Å². The Bertz CT molecular complexity index is 570. The molecule has 1 atom stereocenters. The minimum absolute atomic E-state index is 0.343. The quantitative estimate of drug-likeness (QED) is 0.659. The first-order chi connectivity index (χ1) is 9.49. The first-order valence-electron chi connectivity index (χ1n) is 5.75. The molecule has 1 aromatic carbocycles. The van der Waals surface area contributed by atoms with Crippen LogP contribution in [0.4, 0.5) is 0 Å². The molecule has 0 bridgehead atoms. The fraction of sp³-hybridized carbons (Fsp3) is 0.308. The van der Waals surface area contributed by atoms with E-state index in [-0.39, 0.29) is 5.91 Å². The number of nitrogens with one attached hydrogen (secondary N) is 1. The molecule has 1 aliphatic rings. The normalized spacial score (nSPS) is 16.6. The van der Waals surface area contributed by atoms with Crippen LogP contribution in [0.25, 0.3) is 0 Å². The summed E-state index contributed by atoms with van der Waals surface area (Å²) in [5.74, 6) is -3.07. The van der Waals surface area contributed by atoms with E-state index in [0.29, 0.717) is 11.1 Å². The number of amides is 1. The van der Waals surface area contributed by atoms with E-state index in [0.717, 1.165) is 4.47 Å². The lowest BCUT2D eigenvalue weighted by Gasteiger charge is -2.19. The van der Waals surface area contributed by atoms with E-state index in [9.17, 15) is 14.4 Å². The molecular formula is C13H12BrNO5. The van der Waals surface area contributed by atoms with E-state index in [1.165, 1.54) is 14.2 Å². The summed E-state index contributed by atoms with van der Waals surface area (Å²) >= 11 is 3.27. The minimum Gasteiger partial charge on any atom is -0.468 e. The molecule has 106 valence electrons. The summed E-state index contributed by atoms with van der Waals surface area (Å²) in [5, 5.41) is 2.62. The van der Waals surface area contributed by atoms with Crippen molar-refractivity contribution in [3.63, 3.8) is 0 Å². The van der Waals surface area contributed by atoms with E-state index < -0.39 is 23.9 Å². The predicted molar refractivity (Wildman–Crippen MR) is 71.9 cm³/mol. The lowest BCUT2D eigenvalue weighted by molar-refractivity contribution is -0.160. The average Bonchev–Trinajstić information content (AvgIpc) is 2.75. The highest BCUT2D eigenvalue weighted by Gasteiger charge is 2.43. The van der Waals surface area contributed by atoms with E-state index in [1.54, 1.807) is 18.2 Å².